The van der Waals surface area contributed by atoms with E-state index < -0.39 is 157 Å². The number of nitrogens with two attached hydrogens (primary N) is 6. The highest BCUT2D eigenvalue weighted by Crippen LogP contribution is 2.26. The van der Waals surface area contributed by atoms with Crippen molar-refractivity contribution >= 4 is 98.5 Å². The van der Waals surface area contributed by atoms with Gasteiger partial charge in [-0.25, -0.2) is 4.79 Å². The number of aromatic hydroxyl groups is 1. The lowest BCUT2D eigenvalue weighted by Crippen LogP contribution is -2.61. The maximum absolute atomic E-state index is 14.5. The number of phenols is 1. The minimum atomic E-state index is -5.08. The Morgan fingerprint density at radius 3 is 1.96 bits per heavy atom. The molecule has 1 aromatic carbocycles. The van der Waals surface area contributed by atoms with Crippen molar-refractivity contribution in [1.82, 2.24) is 42.1 Å². The standard InChI is InChI=1S/C43H67N15O12S2.C2HF3O2/c1-3-21(2)34-41(69)53-26(12-13-31(45)60)37(65)55-28(17-32(46)61)38(66)56-29(20-72-71-19-24(44)35(63)54-27(39(67)57-34)16-22-8-10-23(59)11-9-22)42(70)58-15-5-7-30(58)40(68)52-25(6-4-14-50-43(48)49)36(64)51-18-33(47)62;3-2(4,5)1(6)7/h8-11,21,24-30,34,59H,3-7,12-20,44H2,1-2H3,(H2,45,60)(H2,46,61)(H2,47,62)(H,51,64)(H,52,68)(H,53,69)(H,54,63)(H,55,65)(H,56,66)(H,57,67)(H4,48,49,50);(H,6,7)/t21-,24-,25-,26?,27?,28-,29?,30-,34-;/m0./s1. The third-order valence-corrected chi connectivity index (χ3v) is 14.2. The van der Waals surface area contributed by atoms with Crippen molar-refractivity contribution < 1.29 is 80.9 Å². The number of primary amides is 3. The number of carboxylic acid groups (broad SMARTS) is 1. The summed E-state index contributed by atoms with van der Waals surface area (Å²) in [6, 6.07) is -5.40. The number of rotatable bonds is 19. The monoisotopic (exact) mass is 1160 g/mol. The molecule has 79 heavy (non-hydrogen) atoms. The molecule has 2 heterocycles. The molecule has 0 spiro atoms. The first kappa shape index (κ1) is 67.5. The van der Waals surface area contributed by atoms with Crippen molar-refractivity contribution in [3.8, 4) is 5.75 Å². The van der Waals surface area contributed by atoms with Crippen LogP contribution in [0.4, 0.5) is 13.2 Å². The molecule has 0 bridgehead atoms. The van der Waals surface area contributed by atoms with Crippen molar-refractivity contribution in [2.24, 2.45) is 45.3 Å². The Labute approximate surface area is 458 Å². The Morgan fingerprint density at radius 1 is 0.810 bits per heavy atom. The fourth-order valence-electron chi connectivity index (χ4n) is 7.41. The largest absolute Gasteiger partial charge is 0.508 e. The highest BCUT2D eigenvalue weighted by molar-refractivity contribution is 8.76. The van der Waals surface area contributed by atoms with Gasteiger partial charge in [0.2, 0.25) is 65.0 Å². The van der Waals surface area contributed by atoms with Gasteiger partial charge in [0.1, 0.15) is 48.0 Å². The first-order valence-electron chi connectivity index (χ1n) is 24.3. The highest BCUT2D eigenvalue weighted by Gasteiger charge is 2.41. The van der Waals surface area contributed by atoms with Gasteiger partial charge < -0.3 is 86.7 Å². The van der Waals surface area contributed by atoms with Crippen LogP contribution in [0.3, 0.4) is 0 Å². The zero-order valence-corrected chi connectivity index (χ0v) is 44.6. The lowest BCUT2D eigenvalue weighted by atomic mass is 9.96. The summed E-state index contributed by atoms with van der Waals surface area (Å²) >= 11 is 0. The molecule has 34 heteroatoms. The minimum Gasteiger partial charge on any atom is -0.508 e. The van der Waals surface area contributed by atoms with Crippen LogP contribution in [0.15, 0.2) is 29.3 Å². The molecule has 1 aromatic rings. The van der Waals surface area contributed by atoms with E-state index in [-0.39, 0.29) is 62.0 Å². The number of benzene rings is 1. The van der Waals surface area contributed by atoms with Gasteiger partial charge in [0.15, 0.2) is 5.96 Å². The van der Waals surface area contributed by atoms with Crippen molar-refractivity contribution in [3.63, 3.8) is 0 Å². The SMILES string of the molecule is CC[C@H](C)[C@@H]1NC(=O)C(Cc2ccc(O)cc2)NC(=O)[C@@H](N)CSSCC(C(=O)N2CCC[C@H]2C(=O)N[C@@H](CCCN=C(N)N)C(=O)NCC(N)=O)NC(=O)[C@H](CC(N)=O)NC(=O)C(CCC(N)=O)NC1=O.O=C(O)C(F)(F)F. The number of halogens is 3. The summed E-state index contributed by atoms with van der Waals surface area (Å²) in [4.78, 5) is 161. The van der Waals surface area contributed by atoms with Gasteiger partial charge in [-0.2, -0.15) is 13.2 Å². The molecule has 0 aromatic heterocycles. The van der Waals surface area contributed by atoms with Crippen LogP contribution in [0.2, 0.25) is 0 Å². The normalized spacial score (nSPS) is 22.5. The number of carbonyl (C=O) groups is 12. The predicted molar refractivity (Wildman–Crippen MR) is 279 cm³/mol. The van der Waals surface area contributed by atoms with Gasteiger partial charge in [0.05, 0.1) is 19.0 Å². The Morgan fingerprint density at radius 2 is 1.39 bits per heavy atom. The van der Waals surface area contributed by atoms with E-state index in [4.69, 9.17) is 44.3 Å². The molecule has 2 fully saturated rings. The predicted octanol–water partition coefficient (Wildman–Crippen LogP) is -4.97. The van der Waals surface area contributed by atoms with E-state index in [1.807, 2.05) is 0 Å². The summed E-state index contributed by atoms with van der Waals surface area (Å²) < 4.78 is 31.7. The summed E-state index contributed by atoms with van der Waals surface area (Å²) in [5, 5.41) is 34.7. The van der Waals surface area contributed by atoms with Crippen LogP contribution in [0.5, 0.6) is 5.75 Å². The molecule has 440 valence electrons. The smallest absolute Gasteiger partial charge is 0.490 e. The first-order chi connectivity index (χ1) is 36.9. The number of carboxylic acids is 1. The third kappa shape index (κ3) is 24.3. The second-order valence-electron chi connectivity index (χ2n) is 18.0. The minimum absolute atomic E-state index is 0.00520. The van der Waals surface area contributed by atoms with Crippen molar-refractivity contribution in [2.45, 2.75) is 126 Å². The third-order valence-electron chi connectivity index (χ3n) is 11.8. The molecule has 11 amide bonds. The summed E-state index contributed by atoms with van der Waals surface area (Å²) in [5.74, 6) is -13.7. The Hall–Kier alpha value is -7.62. The molecular formula is C45H68F3N15O14S2. The van der Waals surface area contributed by atoms with E-state index in [0.717, 1.165) is 21.6 Å². The number of aliphatic imine (C=N–C) groups is 1. The van der Waals surface area contributed by atoms with Crippen LogP contribution >= 0.6 is 21.6 Å². The Kier molecular flexibility index (Phi) is 28.2. The zero-order valence-electron chi connectivity index (χ0n) is 43.0. The molecule has 2 aliphatic heterocycles. The first-order valence-corrected chi connectivity index (χ1v) is 26.8. The van der Waals surface area contributed by atoms with Gasteiger partial charge in [-0.15, -0.1) is 0 Å². The molecule has 2 aliphatic rings. The quantitative estimate of drug-likeness (QED) is 0.0267. The van der Waals surface area contributed by atoms with E-state index in [1.54, 1.807) is 13.8 Å². The number of nitrogens with zero attached hydrogens (tertiary/aromatic N) is 2. The number of aliphatic carboxylic acids is 1. The van der Waals surface area contributed by atoms with Crippen LogP contribution in [0, 0.1) is 5.92 Å². The molecule has 0 aliphatic carbocycles. The number of carbonyl (C=O) groups excluding carboxylic acids is 11. The van der Waals surface area contributed by atoms with Crippen LogP contribution in [-0.4, -0.2) is 178 Å². The summed E-state index contributed by atoms with van der Waals surface area (Å²) in [6.45, 7) is 2.95. The maximum atomic E-state index is 14.5. The average Bonchev–Trinajstić information content (AvgIpc) is 3.88. The van der Waals surface area contributed by atoms with Gasteiger partial charge in [-0.05, 0) is 55.7 Å². The number of hydrogen-bond acceptors (Lipinski definition) is 17. The number of hydrogen-bond donors (Lipinski definition) is 15. The summed E-state index contributed by atoms with van der Waals surface area (Å²) in [5.41, 5.74) is 33.7. The van der Waals surface area contributed by atoms with Crippen LogP contribution < -0.4 is 71.6 Å². The molecule has 0 saturated carbocycles. The molecule has 9 atom stereocenters. The number of nitrogens with one attached hydrogen (secondary N) is 7. The van der Waals surface area contributed by atoms with Gasteiger partial charge in [0.25, 0.3) is 0 Å². The summed E-state index contributed by atoms with van der Waals surface area (Å²) in [7, 11) is 2.00. The molecule has 21 N–H and O–H groups in total. The molecule has 3 rings (SSSR count). The number of alkyl halides is 3. The van der Waals surface area contributed by atoms with E-state index in [9.17, 15) is 71.0 Å². The maximum Gasteiger partial charge on any atom is 0.490 e. The number of phenolic OH excluding ortho intramolecular Hbond substituents is 1. The molecule has 3 unspecified atom stereocenters. The second-order valence-corrected chi connectivity index (χ2v) is 20.6. The molecule has 29 nitrogen and oxygen atoms in total. The highest BCUT2D eigenvalue weighted by atomic mass is 33.1. The zero-order chi connectivity index (χ0) is 59.7. The number of amides is 11. The van der Waals surface area contributed by atoms with Crippen LogP contribution in [0.25, 0.3) is 0 Å². The van der Waals surface area contributed by atoms with E-state index in [2.05, 4.69) is 42.2 Å². The number of likely N-dealkylation sites (tertiary alicyclic amines) is 1. The van der Waals surface area contributed by atoms with Gasteiger partial charge in [0, 0.05) is 37.4 Å². The summed E-state index contributed by atoms with van der Waals surface area (Å²) in [6.07, 6.45) is -5.90. The second kappa shape index (κ2) is 33.0. The van der Waals surface area contributed by atoms with Gasteiger partial charge in [-0.3, -0.25) is 57.7 Å². The van der Waals surface area contributed by atoms with E-state index >= 15 is 0 Å². The van der Waals surface area contributed by atoms with Gasteiger partial charge in [-0.1, -0.05) is 54.0 Å². The molecule has 0 radical (unpaired) electrons. The molecule has 2 saturated heterocycles. The van der Waals surface area contributed by atoms with Crippen LogP contribution in [-0.2, 0) is 64.0 Å². The van der Waals surface area contributed by atoms with Crippen molar-refractivity contribution in [1.29, 1.82) is 0 Å². The van der Waals surface area contributed by atoms with E-state index in [1.165, 1.54) is 29.2 Å². The lowest BCUT2D eigenvalue weighted by Gasteiger charge is -2.31. The Bertz CT molecular complexity index is 2390. The van der Waals surface area contributed by atoms with Crippen molar-refractivity contribution in [3.05, 3.63) is 29.8 Å². The average molecular weight is 1160 g/mol. The van der Waals surface area contributed by atoms with Crippen LogP contribution in [0.1, 0.15) is 70.8 Å². The van der Waals surface area contributed by atoms with Gasteiger partial charge >= 0.3 is 12.1 Å². The van der Waals surface area contributed by atoms with Crippen molar-refractivity contribution in [2.75, 3.05) is 31.1 Å². The molecular weight excluding hydrogens is 1100 g/mol. The fraction of sp³-hybridized carbons (Fsp3) is 0.578. The number of guanidine groups is 1. The fourth-order valence-corrected chi connectivity index (χ4v) is 9.69. The topological polar surface area (TPSA) is 501 Å². The lowest BCUT2D eigenvalue weighted by molar-refractivity contribution is -0.192. The Balaban J connectivity index is 0.00000284. The van der Waals surface area contributed by atoms with E-state index in [0.29, 0.717) is 18.4 Å².